The van der Waals surface area contributed by atoms with Gasteiger partial charge in [-0.3, -0.25) is 4.79 Å². The summed E-state index contributed by atoms with van der Waals surface area (Å²) in [6.45, 7) is 0. The first-order chi connectivity index (χ1) is 10.9. The number of phenolic OH excluding ortho intramolecular Hbond substituents is 1. The number of hydrogen-bond donors (Lipinski definition) is 3. The summed E-state index contributed by atoms with van der Waals surface area (Å²) in [5.41, 5.74) is -0.162. The fourth-order valence-electron chi connectivity index (χ4n) is 1.77. The smallest absolute Gasteiger partial charge is 0.339 e. The van der Waals surface area contributed by atoms with Gasteiger partial charge in [-0.05, 0) is 36.4 Å². The van der Waals surface area contributed by atoms with Crippen LogP contribution in [0.1, 0.15) is 10.4 Å². The van der Waals surface area contributed by atoms with E-state index in [-0.39, 0.29) is 32.8 Å². The van der Waals surface area contributed by atoms with Crippen molar-refractivity contribution in [3.05, 3.63) is 52.0 Å². The topological polar surface area (TPSA) is 86.6 Å². The molecule has 0 unspecified atom stereocenters. The summed E-state index contributed by atoms with van der Waals surface area (Å²) in [6, 6.07) is 9.00. The van der Waals surface area contributed by atoms with E-state index in [0.29, 0.717) is 0 Å². The first-order valence-electron chi connectivity index (χ1n) is 6.31. The lowest BCUT2D eigenvalue weighted by atomic mass is 10.1. The highest BCUT2D eigenvalue weighted by atomic mass is 35.5. The van der Waals surface area contributed by atoms with Crippen LogP contribution in [0.5, 0.6) is 5.75 Å². The normalized spacial score (nSPS) is 10.3. The molecule has 0 spiro atoms. The van der Waals surface area contributed by atoms with Gasteiger partial charge in [-0.1, -0.05) is 23.2 Å². The monoisotopic (exact) mass is 371 g/mol. The first-order valence-corrected chi connectivity index (χ1v) is 8.05. The molecule has 0 fully saturated rings. The van der Waals surface area contributed by atoms with Crippen LogP contribution in [0.2, 0.25) is 10.0 Å². The van der Waals surface area contributed by atoms with Crippen LogP contribution >= 0.6 is 35.0 Å². The summed E-state index contributed by atoms with van der Waals surface area (Å²) in [5, 5.41) is 21.0. The van der Waals surface area contributed by atoms with Crippen LogP contribution in [0.25, 0.3) is 0 Å². The maximum atomic E-state index is 12.0. The lowest BCUT2D eigenvalue weighted by molar-refractivity contribution is -0.113. The van der Waals surface area contributed by atoms with Crippen molar-refractivity contribution in [3.63, 3.8) is 0 Å². The molecule has 5 nitrogen and oxygen atoms in total. The number of carboxylic acid groups (broad SMARTS) is 1. The highest BCUT2D eigenvalue weighted by Crippen LogP contribution is 2.29. The number of phenols is 1. The van der Waals surface area contributed by atoms with Gasteiger partial charge in [-0.2, -0.15) is 0 Å². The van der Waals surface area contributed by atoms with Gasteiger partial charge in [-0.15, -0.1) is 11.8 Å². The minimum Gasteiger partial charge on any atom is -0.508 e. The van der Waals surface area contributed by atoms with Crippen molar-refractivity contribution in [1.82, 2.24) is 0 Å². The number of rotatable bonds is 5. The number of aromatic hydroxyl groups is 1. The summed E-state index contributed by atoms with van der Waals surface area (Å²) in [5.74, 6) is -1.45. The van der Waals surface area contributed by atoms with E-state index in [1.54, 1.807) is 12.1 Å². The van der Waals surface area contributed by atoms with Crippen molar-refractivity contribution < 1.29 is 19.8 Å². The maximum absolute atomic E-state index is 12.0. The van der Waals surface area contributed by atoms with Crippen LogP contribution in [0, 0.1) is 0 Å². The third-order valence-corrected chi connectivity index (χ3v) is 4.28. The van der Waals surface area contributed by atoms with Crippen molar-refractivity contribution in [2.24, 2.45) is 0 Å². The minimum atomic E-state index is -1.26. The van der Waals surface area contributed by atoms with E-state index >= 15 is 0 Å². The molecule has 0 aliphatic carbocycles. The molecule has 0 aliphatic rings. The lowest BCUT2D eigenvalue weighted by Gasteiger charge is -2.10. The van der Waals surface area contributed by atoms with E-state index in [9.17, 15) is 19.8 Å². The SMILES string of the molecule is O=C(CSc1ccc(O)cc1)Nc1cc(Cl)cc(Cl)c1C(=O)O. The largest absolute Gasteiger partial charge is 0.508 e. The average Bonchev–Trinajstić information content (AvgIpc) is 2.45. The molecule has 0 heterocycles. The Balaban J connectivity index is 2.08. The Morgan fingerprint density at radius 2 is 1.78 bits per heavy atom. The fourth-order valence-corrected chi connectivity index (χ4v) is 3.04. The number of amides is 1. The van der Waals surface area contributed by atoms with Crippen molar-refractivity contribution in [1.29, 1.82) is 0 Å². The third-order valence-electron chi connectivity index (χ3n) is 2.75. The molecule has 3 N–H and O–H groups in total. The summed E-state index contributed by atoms with van der Waals surface area (Å²) >= 11 is 12.9. The van der Waals surface area contributed by atoms with Crippen molar-refractivity contribution in [2.75, 3.05) is 11.1 Å². The number of carboxylic acids is 1. The highest BCUT2D eigenvalue weighted by molar-refractivity contribution is 8.00. The van der Waals surface area contributed by atoms with Crippen molar-refractivity contribution >= 4 is 52.5 Å². The molecule has 23 heavy (non-hydrogen) atoms. The number of benzene rings is 2. The summed E-state index contributed by atoms with van der Waals surface area (Å²) in [6.07, 6.45) is 0. The highest BCUT2D eigenvalue weighted by Gasteiger charge is 2.17. The second kappa shape index (κ2) is 7.59. The number of halogens is 2. The number of aromatic carboxylic acids is 1. The predicted molar refractivity (Wildman–Crippen MR) is 90.9 cm³/mol. The molecule has 2 aromatic carbocycles. The Bertz CT molecular complexity index is 750. The fraction of sp³-hybridized carbons (Fsp3) is 0.0667. The Morgan fingerprint density at radius 3 is 2.39 bits per heavy atom. The summed E-state index contributed by atoms with van der Waals surface area (Å²) < 4.78 is 0. The van der Waals surface area contributed by atoms with Crippen LogP contribution in [0.4, 0.5) is 5.69 Å². The van der Waals surface area contributed by atoms with Gasteiger partial charge in [0.15, 0.2) is 0 Å². The molecule has 1 amide bonds. The van der Waals surface area contributed by atoms with Gasteiger partial charge in [0.25, 0.3) is 0 Å². The Morgan fingerprint density at radius 1 is 1.13 bits per heavy atom. The zero-order valence-electron chi connectivity index (χ0n) is 11.5. The second-order valence-corrected chi connectivity index (χ2v) is 6.34. The molecule has 0 aromatic heterocycles. The zero-order valence-corrected chi connectivity index (χ0v) is 13.9. The molecule has 0 aliphatic heterocycles. The van der Waals surface area contributed by atoms with Gasteiger partial charge >= 0.3 is 5.97 Å². The number of hydrogen-bond acceptors (Lipinski definition) is 4. The molecular weight excluding hydrogens is 361 g/mol. The van der Waals surface area contributed by atoms with Crippen LogP contribution in [0.3, 0.4) is 0 Å². The van der Waals surface area contributed by atoms with Crippen LogP contribution < -0.4 is 5.32 Å². The molecule has 0 bridgehead atoms. The quantitative estimate of drug-likeness (QED) is 0.687. The molecule has 120 valence electrons. The standard InChI is InChI=1S/C15H11Cl2NO4S/c16-8-5-11(17)14(15(21)22)12(6-8)18-13(20)7-23-10-3-1-9(19)2-4-10/h1-6,19H,7H2,(H,18,20)(H,21,22). The number of nitrogens with one attached hydrogen (secondary N) is 1. The average molecular weight is 372 g/mol. The maximum Gasteiger partial charge on any atom is 0.339 e. The molecular formula is C15H11Cl2NO4S. The van der Waals surface area contributed by atoms with Crippen LogP contribution in [-0.4, -0.2) is 27.8 Å². The molecule has 2 aromatic rings. The number of anilines is 1. The number of thioether (sulfide) groups is 1. The number of carbonyl (C=O) groups excluding carboxylic acids is 1. The molecule has 0 radical (unpaired) electrons. The molecule has 2 rings (SSSR count). The first kappa shape index (κ1) is 17.5. The Hall–Kier alpha value is -1.89. The van der Waals surface area contributed by atoms with Crippen LogP contribution in [0.15, 0.2) is 41.3 Å². The lowest BCUT2D eigenvalue weighted by Crippen LogP contribution is -2.17. The van der Waals surface area contributed by atoms with Crippen molar-refractivity contribution in [2.45, 2.75) is 4.90 Å². The minimum absolute atomic E-state index is 0.0475. The summed E-state index contributed by atoms with van der Waals surface area (Å²) in [7, 11) is 0. The predicted octanol–water partition coefficient (Wildman–Crippen LogP) is 4.13. The van der Waals surface area contributed by atoms with Gasteiger partial charge in [-0.25, -0.2) is 4.79 Å². The van der Waals surface area contributed by atoms with Gasteiger partial charge in [0, 0.05) is 9.92 Å². The van der Waals surface area contributed by atoms with Crippen molar-refractivity contribution in [3.8, 4) is 5.75 Å². The van der Waals surface area contributed by atoms with E-state index in [2.05, 4.69) is 5.32 Å². The summed E-state index contributed by atoms with van der Waals surface area (Å²) in [4.78, 5) is 24.0. The Kier molecular flexibility index (Phi) is 5.76. The van der Waals surface area contributed by atoms with E-state index in [4.69, 9.17) is 23.2 Å². The molecule has 8 heteroatoms. The van der Waals surface area contributed by atoms with Gasteiger partial charge in [0.05, 0.1) is 16.5 Å². The van der Waals surface area contributed by atoms with E-state index in [0.717, 1.165) is 4.90 Å². The van der Waals surface area contributed by atoms with E-state index in [1.807, 2.05) is 0 Å². The molecule has 0 atom stereocenters. The van der Waals surface area contributed by atoms with E-state index in [1.165, 1.54) is 36.0 Å². The number of carbonyl (C=O) groups is 2. The third kappa shape index (κ3) is 4.79. The van der Waals surface area contributed by atoms with Crippen LogP contribution in [-0.2, 0) is 4.79 Å². The van der Waals surface area contributed by atoms with Gasteiger partial charge in [0.1, 0.15) is 11.3 Å². The molecule has 0 saturated heterocycles. The second-order valence-electron chi connectivity index (χ2n) is 4.45. The zero-order chi connectivity index (χ0) is 17.0. The van der Waals surface area contributed by atoms with E-state index < -0.39 is 11.9 Å². The Labute approximate surface area is 146 Å². The van der Waals surface area contributed by atoms with Gasteiger partial charge in [0.2, 0.25) is 5.91 Å². The molecule has 0 saturated carbocycles. The van der Waals surface area contributed by atoms with Gasteiger partial charge < -0.3 is 15.5 Å².